The highest BCUT2D eigenvalue weighted by atomic mass is 16.5. The van der Waals surface area contributed by atoms with Crippen LogP contribution < -0.4 is 11.5 Å². The molecule has 2 rings (SSSR count). The summed E-state index contributed by atoms with van der Waals surface area (Å²) in [6, 6.07) is 0.413. The first-order valence-corrected chi connectivity index (χ1v) is 5.39. The molecule has 0 unspecified atom stereocenters. The molecule has 1 heterocycles. The lowest BCUT2D eigenvalue weighted by Gasteiger charge is -2.31. The second kappa shape index (κ2) is 4.00. The topological polar surface area (TPSA) is 81.6 Å². The Morgan fingerprint density at radius 1 is 1.33 bits per heavy atom. The van der Waals surface area contributed by atoms with Crippen molar-refractivity contribution in [3.05, 3.63) is 11.6 Å². The summed E-state index contributed by atoms with van der Waals surface area (Å²) in [5.74, 6) is -0.0409. The third-order valence-corrected chi connectivity index (χ3v) is 3.13. The van der Waals surface area contributed by atoms with Crippen molar-refractivity contribution in [3.8, 4) is 0 Å². The van der Waals surface area contributed by atoms with Gasteiger partial charge in [-0.15, -0.1) is 0 Å². The Balaban J connectivity index is 2.08. The zero-order valence-electron chi connectivity index (χ0n) is 8.74. The van der Waals surface area contributed by atoms with Crippen molar-refractivity contribution in [2.45, 2.75) is 38.1 Å². The summed E-state index contributed by atoms with van der Waals surface area (Å²) in [6.45, 7) is 0.370. The van der Waals surface area contributed by atoms with Crippen molar-refractivity contribution < 1.29 is 9.53 Å². The van der Waals surface area contributed by atoms with Gasteiger partial charge in [0, 0.05) is 6.04 Å². The van der Waals surface area contributed by atoms with E-state index in [1.165, 1.54) is 19.3 Å². The molecular weight excluding hydrogens is 194 g/mol. The average molecular weight is 211 g/mol. The van der Waals surface area contributed by atoms with Gasteiger partial charge >= 0.3 is 0 Å². The van der Waals surface area contributed by atoms with Crippen LogP contribution >= 0.6 is 0 Å². The van der Waals surface area contributed by atoms with E-state index < -0.39 is 5.91 Å². The van der Waals surface area contributed by atoms with E-state index in [9.17, 15) is 4.79 Å². The molecule has 5 heteroatoms. The maximum Gasteiger partial charge on any atom is 0.287 e. The SMILES string of the molecule is NC(=O)C1=C(N)N(C2CCCCC2)CO1. The number of primary amides is 1. The maximum atomic E-state index is 11.0. The number of rotatable bonds is 2. The molecule has 5 nitrogen and oxygen atoms in total. The summed E-state index contributed by atoms with van der Waals surface area (Å²) < 4.78 is 5.20. The molecule has 0 aromatic carbocycles. The van der Waals surface area contributed by atoms with Crippen LogP contribution in [-0.4, -0.2) is 23.6 Å². The molecule has 1 saturated carbocycles. The molecule has 0 saturated heterocycles. The highest BCUT2D eigenvalue weighted by Crippen LogP contribution is 2.28. The van der Waals surface area contributed by atoms with Crippen LogP contribution in [-0.2, 0) is 9.53 Å². The third kappa shape index (κ3) is 1.86. The van der Waals surface area contributed by atoms with Gasteiger partial charge in [-0.05, 0) is 12.8 Å². The number of hydrogen-bond acceptors (Lipinski definition) is 4. The number of ether oxygens (including phenoxy) is 1. The quantitative estimate of drug-likeness (QED) is 0.684. The molecule has 1 aliphatic carbocycles. The van der Waals surface area contributed by atoms with E-state index >= 15 is 0 Å². The standard InChI is InChI=1S/C10H17N3O2/c11-9-8(10(12)14)15-6-13(9)7-4-2-1-3-5-7/h7H,1-6,11H2,(H2,12,14). The van der Waals surface area contributed by atoms with E-state index in [0.29, 0.717) is 18.6 Å². The Morgan fingerprint density at radius 2 is 2.00 bits per heavy atom. The molecule has 4 N–H and O–H groups in total. The molecule has 1 amide bonds. The maximum absolute atomic E-state index is 11.0. The highest BCUT2D eigenvalue weighted by Gasteiger charge is 2.31. The van der Waals surface area contributed by atoms with Crippen molar-refractivity contribution in [3.63, 3.8) is 0 Å². The summed E-state index contributed by atoms with van der Waals surface area (Å²) in [6.07, 6.45) is 5.98. The average Bonchev–Trinajstić information content (AvgIpc) is 2.61. The predicted molar refractivity (Wildman–Crippen MR) is 55.1 cm³/mol. The molecule has 0 aromatic rings. The fourth-order valence-corrected chi connectivity index (χ4v) is 2.30. The van der Waals surface area contributed by atoms with Crippen LogP contribution in [0.1, 0.15) is 32.1 Å². The van der Waals surface area contributed by atoms with E-state index in [1.807, 2.05) is 4.90 Å². The monoisotopic (exact) mass is 211 g/mol. The van der Waals surface area contributed by atoms with E-state index in [0.717, 1.165) is 12.8 Å². The molecule has 0 atom stereocenters. The van der Waals surface area contributed by atoms with Gasteiger partial charge in [-0.3, -0.25) is 4.79 Å². The van der Waals surface area contributed by atoms with Gasteiger partial charge in [0.25, 0.3) is 5.91 Å². The number of nitrogens with zero attached hydrogens (tertiary/aromatic N) is 1. The van der Waals surface area contributed by atoms with Gasteiger partial charge in [0.2, 0.25) is 5.76 Å². The highest BCUT2D eigenvalue weighted by molar-refractivity contribution is 5.90. The van der Waals surface area contributed by atoms with Gasteiger partial charge in [0.15, 0.2) is 12.6 Å². The Labute approximate surface area is 89.0 Å². The Morgan fingerprint density at radius 3 is 2.53 bits per heavy atom. The molecule has 1 fully saturated rings. The van der Waals surface area contributed by atoms with E-state index in [4.69, 9.17) is 16.2 Å². The first-order chi connectivity index (χ1) is 7.20. The number of carbonyl (C=O) groups is 1. The van der Waals surface area contributed by atoms with Gasteiger partial charge in [0.05, 0.1) is 0 Å². The van der Waals surface area contributed by atoms with E-state index in [1.54, 1.807) is 0 Å². The predicted octanol–water partition coefficient (Wildman–Crippen LogP) is 0.222. The molecule has 1 aliphatic heterocycles. The van der Waals surface area contributed by atoms with Crippen LogP contribution in [0.4, 0.5) is 0 Å². The smallest absolute Gasteiger partial charge is 0.287 e. The molecule has 15 heavy (non-hydrogen) atoms. The fraction of sp³-hybridized carbons (Fsp3) is 0.700. The van der Waals surface area contributed by atoms with Gasteiger partial charge in [0.1, 0.15) is 0 Å². The first-order valence-electron chi connectivity index (χ1n) is 5.39. The summed E-state index contributed by atoms with van der Waals surface area (Å²) in [5.41, 5.74) is 11.0. The summed E-state index contributed by atoms with van der Waals surface area (Å²) in [7, 11) is 0. The molecule has 0 bridgehead atoms. The molecule has 2 aliphatic rings. The Hall–Kier alpha value is -1.39. The van der Waals surface area contributed by atoms with Crippen LogP contribution in [0.2, 0.25) is 0 Å². The number of amides is 1. The van der Waals surface area contributed by atoms with Crippen molar-refractivity contribution in [1.29, 1.82) is 0 Å². The zero-order chi connectivity index (χ0) is 10.8. The minimum atomic E-state index is -0.578. The largest absolute Gasteiger partial charge is 0.464 e. The summed E-state index contributed by atoms with van der Waals surface area (Å²) in [5, 5.41) is 0. The molecule has 84 valence electrons. The van der Waals surface area contributed by atoms with Gasteiger partial charge in [-0.1, -0.05) is 19.3 Å². The summed E-state index contributed by atoms with van der Waals surface area (Å²) in [4.78, 5) is 12.9. The van der Waals surface area contributed by atoms with Crippen LogP contribution in [0, 0.1) is 0 Å². The normalized spacial score (nSPS) is 23.1. The van der Waals surface area contributed by atoms with Crippen LogP contribution in [0.25, 0.3) is 0 Å². The van der Waals surface area contributed by atoms with Crippen LogP contribution in [0.3, 0.4) is 0 Å². The fourth-order valence-electron chi connectivity index (χ4n) is 2.30. The van der Waals surface area contributed by atoms with Crippen LogP contribution in [0.15, 0.2) is 11.6 Å². The second-order valence-electron chi connectivity index (χ2n) is 4.11. The molecule has 0 aromatic heterocycles. The lowest BCUT2D eigenvalue weighted by Crippen LogP contribution is -2.37. The third-order valence-electron chi connectivity index (χ3n) is 3.13. The van der Waals surface area contributed by atoms with Gasteiger partial charge in [-0.25, -0.2) is 0 Å². The Bertz CT molecular complexity index is 295. The zero-order valence-corrected chi connectivity index (χ0v) is 8.74. The minimum absolute atomic E-state index is 0.126. The lowest BCUT2D eigenvalue weighted by molar-refractivity contribution is -0.117. The van der Waals surface area contributed by atoms with Crippen molar-refractivity contribution in [2.75, 3.05) is 6.73 Å². The summed E-state index contributed by atoms with van der Waals surface area (Å²) >= 11 is 0. The molecule has 0 radical (unpaired) electrons. The number of nitrogens with two attached hydrogens (primary N) is 2. The molecule has 0 spiro atoms. The van der Waals surface area contributed by atoms with E-state index in [2.05, 4.69) is 0 Å². The Kier molecular flexibility index (Phi) is 2.70. The second-order valence-corrected chi connectivity index (χ2v) is 4.11. The van der Waals surface area contributed by atoms with Crippen molar-refractivity contribution >= 4 is 5.91 Å². The van der Waals surface area contributed by atoms with Gasteiger partial charge < -0.3 is 21.1 Å². The van der Waals surface area contributed by atoms with Crippen molar-refractivity contribution in [2.24, 2.45) is 11.5 Å². The number of carbonyl (C=O) groups excluding carboxylic acids is 1. The van der Waals surface area contributed by atoms with Gasteiger partial charge in [-0.2, -0.15) is 0 Å². The number of hydrogen-bond donors (Lipinski definition) is 2. The van der Waals surface area contributed by atoms with Crippen LogP contribution in [0.5, 0.6) is 0 Å². The first kappa shape index (κ1) is 10.1. The van der Waals surface area contributed by atoms with E-state index in [-0.39, 0.29) is 5.76 Å². The minimum Gasteiger partial charge on any atom is -0.464 e. The molecular formula is C10H17N3O2. The van der Waals surface area contributed by atoms with Crippen molar-refractivity contribution in [1.82, 2.24) is 4.90 Å². The lowest BCUT2D eigenvalue weighted by atomic mass is 9.94.